The zero-order chi connectivity index (χ0) is 23.5. The first-order valence-corrected chi connectivity index (χ1v) is 11.7. The number of anilines is 1. The lowest BCUT2D eigenvalue weighted by Gasteiger charge is -2.27. The van der Waals surface area contributed by atoms with E-state index in [9.17, 15) is 26.4 Å². The largest absolute Gasteiger partial charge is 0.465 e. The summed E-state index contributed by atoms with van der Waals surface area (Å²) in [5.41, 5.74) is -0.181. The molecule has 1 aliphatic rings. The van der Waals surface area contributed by atoms with Gasteiger partial charge in [0.15, 0.2) is 0 Å². The number of methoxy groups -OCH3 is 1. The molecular formula is C22H25F3N2O4S. The average molecular weight is 471 g/mol. The number of alkyl halides is 3. The van der Waals surface area contributed by atoms with Gasteiger partial charge in [-0.15, -0.1) is 0 Å². The maximum atomic E-state index is 13.4. The quantitative estimate of drug-likeness (QED) is 0.600. The van der Waals surface area contributed by atoms with Crippen LogP contribution in [-0.2, 0) is 27.4 Å². The third-order valence-electron chi connectivity index (χ3n) is 5.47. The monoisotopic (exact) mass is 470 g/mol. The molecule has 2 aromatic carbocycles. The second kappa shape index (κ2) is 9.50. The summed E-state index contributed by atoms with van der Waals surface area (Å²) in [6, 6.07) is 6.95. The number of ether oxygens (including phenoxy) is 1. The number of hydrogen-bond acceptors (Lipinski definition) is 5. The number of nitrogens with one attached hydrogen (secondary N) is 2. The van der Waals surface area contributed by atoms with Gasteiger partial charge < -0.3 is 10.1 Å². The maximum absolute atomic E-state index is 13.4. The highest BCUT2D eigenvalue weighted by atomic mass is 32.2. The first-order valence-electron chi connectivity index (χ1n) is 10.3. The van der Waals surface area contributed by atoms with Crippen molar-refractivity contribution in [3.05, 3.63) is 58.7 Å². The molecule has 1 atom stereocenters. The number of piperidine rings is 1. The summed E-state index contributed by atoms with van der Waals surface area (Å²) >= 11 is 0. The summed E-state index contributed by atoms with van der Waals surface area (Å²) in [4.78, 5) is 11.7. The first kappa shape index (κ1) is 24.1. The van der Waals surface area contributed by atoms with Gasteiger partial charge in [0.1, 0.15) is 0 Å². The predicted molar refractivity (Wildman–Crippen MR) is 114 cm³/mol. The lowest BCUT2D eigenvalue weighted by Crippen LogP contribution is -2.28. The highest BCUT2D eigenvalue weighted by Gasteiger charge is 2.33. The number of carbonyl (C=O) groups is 1. The van der Waals surface area contributed by atoms with Crippen LogP contribution in [0.5, 0.6) is 0 Å². The van der Waals surface area contributed by atoms with Crippen LogP contribution in [-0.4, -0.2) is 28.0 Å². The van der Waals surface area contributed by atoms with Crippen molar-refractivity contribution in [2.75, 3.05) is 18.4 Å². The fourth-order valence-corrected chi connectivity index (χ4v) is 5.20. The topological polar surface area (TPSA) is 84.5 Å². The van der Waals surface area contributed by atoms with Gasteiger partial charge in [-0.2, -0.15) is 13.2 Å². The van der Waals surface area contributed by atoms with Gasteiger partial charge in [0, 0.05) is 6.04 Å². The molecule has 0 spiro atoms. The van der Waals surface area contributed by atoms with Gasteiger partial charge in [-0.3, -0.25) is 4.72 Å². The molecule has 6 nitrogen and oxygen atoms in total. The van der Waals surface area contributed by atoms with Gasteiger partial charge in [0.2, 0.25) is 0 Å². The van der Waals surface area contributed by atoms with E-state index in [-0.39, 0.29) is 22.2 Å². The Kier molecular flexibility index (Phi) is 7.14. The van der Waals surface area contributed by atoms with Crippen LogP contribution in [0.2, 0.25) is 0 Å². The Morgan fingerprint density at radius 1 is 1.19 bits per heavy atom. The molecule has 1 saturated heterocycles. The van der Waals surface area contributed by atoms with E-state index in [2.05, 4.69) is 14.8 Å². The number of benzene rings is 2. The molecule has 0 radical (unpaired) electrons. The van der Waals surface area contributed by atoms with Crippen LogP contribution >= 0.6 is 0 Å². The minimum absolute atomic E-state index is 0.0308. The normalized spacial score (nSPS) is 17.1. The predicted octanol–water partition coefficient (Wildman–Crippen LogP) is 4.67. The molecule has 0 aromatic heterocycles. The number of sulfonamides is 1. The molecule has 2 N–H and O–H groups in total. The molecule has 0 aliphatic carbocycles. The zero-order valence-electron chi connectivity index (χ0n) is 17.8. The smallest absolute Gasteiger partial charge is 0.416 e. The third-order valence-corrected chi connectivity index (χ3v) is 6.92. The Morgan fingerprint density at radius 3 is 2.53 bits per heavy atom. The van der Waals surface area contributed by atoms with Crippen LogP contribution in [0, 0.1) is 0 Å². The van der Waals surface area contributed by atoms with Crippen LogP contribution in [0.15, 0.2) is 41.3 Å². The van der Waals surface area contributed by atoms with E-state index in [0.29, 0.717) is 30.5 Å². The van der Waals surface area contributed by atoms with Crippen molar-refractivity contribution >= 4 is 21.7 Å². The van der Waals surface area contributed by atoms with Gasteiger partial charge >= 0.3 is 12.1 Å². The molecule has 32 heavy (non-hydrogen) atoms. The molecular weight excluding hydrogens is 445 g/mol. The Labute approximate surface area is 185 Å². The van der Waals surface area contributed by atoms with E-state index in [0.717, 1.165) is 25.0 Å². The Balaban J connectivity index is 2.08. The lowest BCUT2D eigenvalue weighted by molar-refractivity contribution is -0.137. The van der Waals surface area contributed by atoms with Gasteiger partial charge in [-0.1, -0.05) is 25.5 Å². The summed E-state index contributed by atoms with van der Waals surface area (Å²) in [6.45, 7) is 2.44. The van der Waals surface area contributed by atoms with Gasteiger partial charge in [-0.05, 0) is 61.2 Å². The summed E-state index contributed by atoms with van der Waals surface area (Å²) in [5.74, 6) is -0.713. The van der Waals surface area contributed by atoms with Crippen molar-refractivity contribution in [1.29, 1.82) is 0 Å². The molecule has 10 heteroatoms. The van der Waals surface area contributed by atoms with Gasteiger partial charge in [0.25, 0.3) is 10.0 Å². The fourth-order valence-electron chi connectivity index (χ4n) is 3.78. The molecule has 0 amide bonds. The summed E-state index contributed by atoms with van der Waals surface area (Å²) in [5, 5.41) is 3.24. The molecule has 1 unspecified atom stereocenters. The fraction of sp³-hybridized carbons (Fsp3) is 0.409. The molecule has 1 heterocycles. The molecule has 2 aromatic rings. The Morgan fingerprint density at radius 2 is 1.94 bits per heavy atom. The minimum atomic E-state index is -4.63. The van der Waals surface area contributed by atoms with E-state index in [1.807, 2.05) is 0 Å². The van der Waals surface area contributed by atoms with E-state index < -0.39 is 27.7 Å². The molecule has 1 aliphatic heterocycles. The number of hydrogen-bond donors (Lipinski definition) is 2. The minimum Gasteiger partial charge on any atom is -0.465 e. The van der Waals surface area contributed by atoms with E-state index in [4.69, 9.17) is 0 Å². The highest BCUT2D eigenvalue weighted by Crippen LogP contribution is 2.37. The number of carbonyl (C=O) groups excluding carboxylic acids is 1. The van der Waals surface area contributed by atoms with Crippen molar-refractivity contribution in [1.82, 2.24) is 5.32 Å². The van der Waals surface area contributed by atoms with Crippen molar-refractivity contribution in [3.8, 4) is 0 Å². The number of aryl methyl sites for hydroxylation is 1. The molecule has 3 rings (SSSR count). The molecule has 174 valence electrons. The van der Waals surface area contributed by atoms with Crippen molar-refractivity contribution in [2.24, 2.45) is 0 Å². The molecule has 0 saturated carbocycles. The second-order valence-corrected chi connectivity index (χ2v) is 9.23. The lowest BCUT2D eigenvalue weighted by atomic mass is 9.95. The van der Waals surface area contributed by atoms with Crippen molar-refractivity contribution in [3.63, 3.8) is 0 Å². The zero-order valence-corrected chi connectivity index (χ0v) is 18.6. The van der Waals surface area contributed by atoms with Crippen LogP contribution in [0.4, 0.5) is 18.9 Å². The van der Waals surface area contributed by atoms with E-state index in [1.165, 1.54) is 31.4 Å². The van der Waals surface area contributed by atoms with Crippen LogP contribution in [0.25, 0.3) is 0 Å². The van der Waals surface area contributed by atoms with Crippen LogP contribution in [0.1, 0.15) is 59.3 Å². The van der Waals surface area contributed by atoms with E-state index in [1.54, 1.807) is 6.92 Å². The number of rotatable bonds is 6. The highest BCUT2D eigenvalue weighted by molar-refractivity contribution is 7.92. The molecule has 0 bridgehead atoms. The van der Waals surface area contributed by atoms with Gasteiger partial charge in [0.05, 0.1) is 28.8 Å². The standard InChI is InChI=1S/C22H25F3N2O4S/c1-3-14-7-8-15(21(28)31-2)12-20(14)32(29,30)27-19-13-16(22(23,24)25)9-10-17(19)18-6-4-5-11-26-18/h7-10,12-13,18,26-27H,3-6,11H2,1-2H3. The number of esters is 1. The van der Waals surface area contributed by atoms with Gasteiger partial charge in [-0.25, -0.2) is 13.2 Å². The first-order chi connectivity index (χ1) is 15.1. The van der Waals surface area contributed by atoms with Crippen LogP contribution < -0.4 is 10.0 Å². The Bertz CT molecular complexity index is 1090. The number of halogens is 3. The van der Waals surface area contributed by atoms with Crippen LogP contribution in [0.3, 0.4) is 0 Å². The summed E-state index contributed by atoms with van der Waals surface area (Å²) in [6.07, 6.45) is -1.78. The second-order valence-electron chi connectivity index (χ2n) is 7.58. The maximum Gasteiger partial charge on any atom is 0.416 e. The van der Waals surface area contributed by atoms with E-state index >= 15 is 0 Å². The van der Waals surface area contributed by atoms with Crippen molar-refractivity contribution in [2.45, 2.75) is 49.7 Å². The summed E-state index contributed by atoms with van der Waals surface area (Å²) in [7, 11) is -3.12. The Hall–Kier alpha value is -2.59. The van der Waals surface area contributed by atoms with Crippen molar-refractivity contribution < 1.29 is 31.1 Å². The summed E-state index contributed by atoms with van der Waals surface area (Å²) < 4.78 is 73.6. The SMILES string of the molecule is CCc1ccc(C(=O)OC)cc1S(=O)(=O)Nc1cc(C(F)(F)F)ccc1C1CCCCN1. The molecule has 1 fully saturated rings. The third kappa shape index (κ3) is 5.24. The average Bonchev–Trinajstić information content (AvgIpc) is 2.77.